The van der Waals surface area contributed by atoms with Gasteiger partial charge in [-0.05, 0) is 54.7 Å². The van der Waals surface area contributed by atoms with Crippen LogP contribution in [0.5, 0.6) is 11.5 Å². The summed E-state index contributed by atoms with van der Waals surface area (Å²) >= 11 is 12.4. The van der Waals surface area contributed by atoms with Gasteiger partial charge in [-0.3, -0.25) is 0 Å². The lowest BCUT2D eigenvalue weighted by molar-refractivity contribution is 0.474. The molecule has 2 N–H and O–H groups in total. The molecule has 0 heterocycles. The summed E-state index contributed by atoms with van der Waals surface area (Å²) in [6.07, 6.45) is 0. The first kappa shape index (κ1) is 16.0. The van der Waals surface area contributed by atoms with Gasteiger partial charge in [-0.15, -0.1) is 0 Å². The van der Waals surface area contributed by atoms with Crippen molar-refractivity contribution < 1.29 is 4.74 Å². The lowest BCUT2D eigenvalue weighted by atomic mass is 10.0. The van der Waals surface area contributed by atoms with E-state index in [-0.39, 0.29) is 0 Å². The van der Waals surface area contributed by atoms with E-state index < -0.39 is 0 Å². The third-order valence-corrected chi connectivity index (χ3v) is 4.09. The Morgan fingerprint density at radius 1 is 0.905 bits per heavy atom. The maximum Gasteiger partial charge on any atom is 0.131 e. The molecule has 4 heteroatoms. The van der Waals surface area contributed by atoms with Crippen molar-refractivity contribution in [1.29, 1.82) is 0 Å². The summed E-state index contributed by atoms with van der Waals surface area (Å²) in [5, 5.41) is 1.26. The van der Waals surface area contributed by atoms with E-state index in [1.807, 2.05) is 32.0 Å². The molecule has 0 atom stereocenters. The first-order valence-electron chi connectivity index (χ1n) is 6.83. The molecule has 0 fully saturated rings. The van der Waals surface area contributed by atoms with Gasteiger partial charge in [0.1, 0.15) is 11.5 Å². The van der Waals surface area contributed by atoms with Crippen molar-refractivity contribution in [2.45, 2.75) is 33.6 Å². The molecule has 2 aromatic carbocycles. The Kier molecular flexibility index (Phi) is 4.70. The van der Waals surface area contributed by atoms with Gasteiger partial charge in [0, 0.05) is 11.1 Å². The van der Waals surface area contributed by atoms with Gasteiger partial charge in [-0.25, -0.2) is 0 Å². The van der Waals surface area contributed by atoms with E-state index >= 15 is 0 Å². The van der Waals surface area contributed by atoms with Crippen LogP contribution in [0.1, 0.15) is 36.5 Å². The van der Waals surface area contributed by atoms with Crippen LogP contribution in [-0.4, -0.2) is 0 Å². The Bertz CT molecular complexity index is 681. The molecule has 2 rings (SSSR count). The Hall–Kier alpha value is -1.38. The predicted octanol–water partition coefficient (Wildman–Crippen LogP) is 6.11. The van der Waals surface area contributed by atoms with E-state index in [0.717, 1.165) is 27.5 Å². The van der Waals surface area contributed by atoms with Crippen LogP contribution in [0, 0.1) is 13.8 Å². The molecule has 0 radical (unpaired) electrons. The molecule has 0 aliphatic carbocycles. The van der Waals surface area contributed by atoms with Gasteiger partial charge in [0.25, 0.3) is 0 Å². The number of benzene rings is 2. The lowest BCUT2D eigenvalue weighted by Crippen LogP contribution is -1.96. The molecule has 0 aliphatic heterocycles. The number of rotatable bonds is 3. The Balaban J connectivity index is 2.44. The lowest BCUT2D eigenvalue weighted by Gasteiger charge is -2.16. The monoisotopic (exact) mass is 323 g/mol. The SMILES string of the molecule is Cc1cc(N)c(Cl)cc1Oc1cc(C(C)C)c(Cl)cc1C. The minimum atomic E-state index is 0.330. The fraction of sp³-hybridized carbons (Fsp3) is 0.294. The summed E-state index contributed by atoms with van der Waals surface area (Å²) < 4.78 is 6.02. The molecule has 0 aromatic heterocycles. The fourth-order valence-corrected chi connectivity index (χ4v) is 2.73. The van der Waals surface area contributed by atoms with Gasteiger partial charge in [0.2, 0.25) is 0 Å². The number of anilines is 1. The zero-order valence-corrected chi connectivity index (χ0v) is 14.1. The highest BCUT2D eigenvalue weighted by atomic mass is 35.5. The summed E-state index contributed by atoms with van der Waals surface area (Å²) in [6.45, 7) is 8.12. The van der Waals surface area contributed by atoms with Crippen molar-refractivity contribution in [2.24, 2.45) is 0 Å². The van der Waals surface area contributed by atoms with Crippen molar-refractivity contribution in [3.05, 3.63) is 51.0 Å². The number of nitrogens with two attached hydrogens (primary N) is 1. The van der Waals surface area contributed by atoms with Gasteiger partial charge >= 0.3 is 0 Å². The van der Waals surface area contributed by atoms with Gasteiger partial charge in [0.15, 0.2) is 0 Å². The second-order valence-corrected chi connectivity index (χ2v) is 6.35. The van der Waals surface area contributed by atoms with Crippen molar-refractivity contribution in [1.82, 2.24) is 0 Å². The predicted molar refractivity (Wildman–Crippen MR) is 91.0 cm³/mol. The molecular formula is C17H19Cl2NO. The minimum Gasteiger partial charge on any atom is -0.457 e. The highest BCUT2D eigenvalue weighted by molar-refractivity contribution is 6.33. The second-order valence-electron chi connectivity index (χ2n) is 5.54. The standard InChI is InChI=1S/C17H19Cl2NO/c1-9(2)12-7-16(10(3)5-13(12)18)21-17-8-14(19)15(20)6-11(17)4/h5-9H,20H2,1-4H3. The van der Waals surface area contributed by atoms with E-state index in [9.17, 15) is 0 Å². The van der Waals surface area contributed by atoms with Crippen LogP contribution in [0.3, 0.4) is 0 Å². The maximum atomic E-state index is 6.28. The summed E-state index contributed by atoms with van der Waals surface area (Å²) in [5.41, 5.74) is 9.34. The Morgan fingerprint density at radius 3 is 2.10 bits per heavy atom. The second kappa shape index (κ2) is 6.17. The number of ether oxygens (including phenoxy) is 1. The zero-order chi connectivity index (χ0) is 15.7. The first-order valence-corrected chi connectivity index (χ1v) is 7.58. The van der Waals surface area contributed by atoms with Gasteiger partial charge in [-0.1, -0.05) is 37.0 Å². The first-order chi connectivity index (χ1) is 9.79. The Labute approximate surface area is 135 Å². The van der Waals surface area contributed by atoms with Crippen LogP contribution in [0.2, 0.25) is 10.0 Å². The zero-order valence-electron chi connectivity index (χ0n) is 12.6. The molecule has 2 aromatic rings. The molecule has 0 bridgehead atoms. The minimum absolute atomic E-state index is 0.330. The Morgan fingerprint density at radius 2 is 1.48 bits per heavy atom. The summed E-state index contributed by atoms with van der Waals surface area (Å²) in [7, 11) is 0. The van der Waals surface area contributed by atoms with Gasteiger partial charge in [-0.2, -0.15) is 0 Å². The third kappa shape index (κ3) is 3.45. The van der Waals surface area contributed by atoms with Crippen molar-refractivity contribution >= 4 is 28.9 Å². The van der Waals surface area contributed by atoms with Crippen LogP contribution >= 0.6 is 23.2 Å². The summed E-state index contributed by atoms with van der Waals surface area (Å²) in [6, 6.07) is 7.48. The molecule has 0 saturated heterocycles. The number of halogens is 2. The van der Waals surface area contributed by atoms with Crippen molar-refractivity contribution in [3.8, 4) is 11.5 Å². The van der Waals surface area contributed by atoms with Crippen molar-refractivity contribution in [2.75, 3.05) is 5.73 Å². The topological polar surface area (TPSA) is 35.2 Å². The molecular weight excluding hydrogens is 305 g/mol. The molecule has 0 unspecified atom stereocenters. The van der Waals surface area contributed by atoms with Crippen LogP contribution in [0.25, 0.3) is 0 Å². The fourth-order valence-electron chi connectivity index (χ4n) is 2.13. The average molecular weight is 324 g/mol. The highest BCUT2D eigenvalue weighted by Crippen LogP contribution is 2.36. The number of aryl methyl sites for hydroxylation is 2. The van der Waals surface area contributed by atoms with Crippen LogP contribution < -0.4 is 10.5 Å². The molecule has 21 heavy (non-hydrogen) atoms. The molecule has 0 saturated carbocycles. The van der Waals surface area contributed by atoms with E-state index in [0.29, 0.717) is 22.4 Å². The van der Waals surface area contributed by atoms with E-state index in [1.54, 1.807) is 6.07 Å². The molecule has 2 nitrogen and oxygen atoms in total. The summed E-state index contributed by atoms with van der Waals surface area (Å²) in [5.74, 6) is 1.82. The van der Waals surface area contributed by atoms with Crippen molar-refractivity contribution in [3.63, 3.8) is 0 Å². The van der Waals surface area contributed by atoms with E-state index in [4.69, 9.17) is 33.7 Å². The number of nitrogen functional groups attached to an aromatic ring is 1. The smallest absolute Gasteiger partial charge is 0.131 e. The van der Waals surface area contributed by atoms with Crippen LogP contribution in [0.4, 0.5) is 5.69 Å². The molecule has 0 spiro atoms. The highest BCUT2D eigenvalue weighted by Gasteiger charge is 2.12. The van der Waals surface area contributed by atoms with E-state index in [2.05, 4.69) is 13.8 Å². The third-order valence-electron chi connectivity index (χ3n) is 3.43. The van der Waals surface area contributed by atoms with Crippen LogP contribution in [-0.2, 0) is 0 Å². The molecule has 0 amide bonds. The van der Waals surface area contributed by atoms with Crippen LogP contribution in [0.15, 0.2) is 24.3 Å². The maximum absolute atomic E-state index is 6.28. The molecule has 112 valence electrons. The summed E-state index contributed by atoms with van der Waals surface area (Å²) in [4.78, 5) is 0. The van der Waals surface area contributed by atoms with Gasteiger partial charge in [0.05, 0.1) is 10.7 Å². The number of hydrogen-bond donors (Lipinski definition) is 1. The number of hydrogen-bond acceptors (Lipinski definition) is 2. The molecule has 0 aliphatic rings. The van der Waals surface area contributed by atoms with Gasteiger partial charge < -0.3 is 10.5 Å². The largest absolute Gasteiger partial charge is 0.457 e. The quantitative estimate of drug-likeness (QED) is 0.691. The average Bonchev–Trinajstić information content (AvgIpc) is 2.38. The van der Waals surface area contributed by atoms with E-state index in [1.165, 1.54) is 0 Å². The normalized spacial score (nSPS) is 11.0.